The van der Waals surface area contributed by atoms with Crippen molar-refractivity contribution in [3.05, 3.63) is 58.6 Å². The number of aliphatic hydroxyl groups is 1. The first-order valence-electron chi connectivity index (χ1n) is 6.28. The summed E-state index contributed by atoms with van der Waals surface area (Å²) in [5.41, 5.74) is 1.77. The average Bonchev–Trinajstić information content (AvgIpc) is 2.47. The molecule has 0 aliphatic rings. The van der Waals surface area contributed by atoms with E-state index < -0.39 is 6.10 Å². The molecule has 1 unspecified atom stereocenters. The lowest BCUT2D eigenvalue weighted by Gasteiger charge is -2.13. The van der Waals surface area contributed by atoms with Gasteiger partial charge in [0.1, 0.15) is 11.5 Å². The summed E-state index contributed by atoms with van der Waals surface area (Å²) in [5, 5.41) is 10.8. The Morgan fingerprint density at radius 3 is 2.55 bits per heavy atom. The second-order valence-electron chi connectivity index (χ2n) is 4.47. The van der Waals surface area contributed by atoms with Gasteiger partial charge >= 0.3 is 0 Å². The fourth-order valence-corrected chi connectivity index (χ4v) is 2.30. The second kappa shape index (κ2) is 6.64. The average molecular weight is 293 g/mol. The van der Waals surface area contributed by atoms with E-state index in [2.05, 4.69) is 0 Å². The van der Waals surface area contributed by atoms with Gasteiger partial charge in [0.2, 0.25) is 0 Å². The van der Waals surface area contributed by atoms with Crippen LogP contribution in [0.3, 0.4) is 0 Å². The summed E-state index contributed by atoms with van der Waals surface area (Å²) in [4.78, 5) is 0. The summed E-state index contributed by atoms with van der Waals surface area (Å²) < 4.78 is 10.3. The first-order chi connectivity index (χ1) is 9.63. The van der Waals surface area contributed by atoms with E-state index in [9.17, 15) is 5.11 Å². The van der Waals surface area contributed by atoms with Gasteiger partial charge in [0.05, 0.1) is 25.3 Å². The van der Waals surface area contributed by atoms with Gasteiger partial charge in [-0.05, 0) is 35.4 Å². The van der Waals surface area contributed by atoms with Crippen LogP contribution in [0.25, 0.3) is 0 Å². The maximum absolute atomic E-state index is 10.3. The summed E-state index contributed by atoms with van der Waals surface area (Å²) in [7, 11) is 3.19. The van der Waals surface area contributed by atoms with E-state index in [1.807, 2.05) is 30.3 Å². The molecule has 0 heterocycles. The zero-order valence-electron chi connectivity index (χ0n) is 11.5. The Labute approximate surface area is 123 Å². The minimum absolute atomic E-state index is 0.495. The summed E-state index contributed by atoms with van der Waals surface area (Å²) >= 11 is 6.07. The summed E-state index contributed by atoms with van der Waals surface area (Å²) in [6.07, 6.45) is -0.120. The van der Waals surface area contributed by atoms with Crippen LogP contribution in [0.5, 0.6) is 11.5 Å². The smallest absolute Gasteiger partial charge is 0.137 e. The molecule has 3 nitrogen and oxygen atoms in total. The first kappa shape index (κ1) is 14.7. The molecule has 4 heteroatoms. The standard InChI is InChI=1S/C16H17ClO3/c1-19-13-5-3-4-11(8-13)9-15(18)12-6-7-16(20-2)14(17)10-12/h3-8,10,15,18H,9H2,1-2H3. The van der Waals surface area contributed by atoms with Gasteiger partial charge in [-0.1, -0.05) is 29.8 Å². The molecule has 0 saturated heterocycles. The van der Waals surface area contributed by atoms with Crippen LogP contribution >= 0.6 is 11.6 Å². The zero-order valence-corrected chi connectivity index (χ0v) is 12.2. The van der Waals surface area contributed by atoms with Crippen molar-refractivity contribution in [2.24, 2.45) is 0 Å². The highest BCUT2D eigenvalue weighted by atomic mass is 35.5. The molecule has 2 aromatic carbocycles. The molecule has 1 atom stereocenters. The van der Waals surface area contributed by atoms with Crippen LogP contribution < -0.4 is 9.47 Å². The molecule has 1 N–H and O–H groups in total. The van der Waals surface area contributed by atoms with Gasteiger partial charge in [-0.15, -0.1) is 0 Å². The number of hydrogen-bond acceptors (Lipinski definition) is 3. The van der Waals surface area contributed by atoms with Crippen LogP contribution in [0.1, 0.15) is 17.2 Å². The van der Waals surface area contributed by atoms with E-state index in [0.29, 0.717) is 17.2 Å². The van der Waals surface area contributed by atoms with E-state index in [0.717, 1.165) is 16.9 Å². The Balaban J connectivity index is 2.14. The number of ether oxygens (including phenoxy) is 2. The molecule has 0 bridgehead atoms. The van der Waals surface area contributed by atoms with Crippen molar-refractivity contribution in [1.29, 1.82) is 0 Å². The Bertz CT molecular complexity index is 584. The molecule has 2 rings (SSSR count). The van der Waals surface area contributed by atoms with Gasteiger partial charge in [0.15, 0.2) is 0 Å². The molecular weight excluding hydrogens is 276 g/mol. The molecule has 0 saturated carbocycles. The lowest BCUT2D eigenvalue weighted by molar-refractivity contribution is 0.178. The van der Waals surface area contributed by atoms with Crippen molar-refractivity contribution in [2.75, 3.05) is 14.2 Å². The number of methoxy groups -OCH3 is 2. The SMILES string of the molecule is COc1cccc(CC(O)c2ccc(OC)c(Cl)c2)c1. The summed E-state index contributed by atoms with van der Waals surface area (Å²) in [6.45, 7) is 0. The highest BCUT2D eigenvalue weighted by Gasteiger charge is 2.11. The van der Waals surface area contributed by atoms with Crippen molar-refractivity contribution in [2.45, 2.75) is 12.5 Å². The molecule has 0 radical (unpaired) electrons. The molecule has 0 aromatic heterocycles. The highest BCUT2D eigenvalue weighted by molar-refractivity contribution is 6.32. The minimum atomic E-state index is -0.620. The minimum Gasteiger partial charge on any atom is -0.497 e. The van der Waals surface area contributed by atoms with Crippen molar-refractivity contribution in [3.63, 3.8) is 0 Å². The third kappa shape index (κ3) is 3.44. The van der Waals surface area contributed by atoms with E-state index in [4.69, 9.17) is 21.1 Å². The number of rotatable bonds is 5. The summed E-state index contributed by atoms with van der Waals surface area (Å²) in [6, 6.07) is 12.9. The Morgan fingerprint density at radius 2 is 1.90 bits per heavy atom. The van der Waals surface area contributed by atoms with Crippen molar-refractivity contribution in [1.82, 2.24) is 0 Å². The van der Waals surface area contributed by atoms with Gasteiger partial charge in [0.25, 0.3) is 0 Å². The molecule has 0 amide bonds. The molecule has 0 spiro atoms. The van der Waals surface area contributed by atoms with Gasteiger partial charge < -0.3 is 14.6 Å². The van der Waals surface area contributed by atoms with Crippen LogP contribution in [-0.4, -0.2) is 19.3 Å². The molecule has 2 aromatic rings. The van der Waals surface area contributed by atoms with Crippen molar-refractivity contribution < 1.29 is 14.6 Å². The zero-order chi connectivity index (χ0) is 14.5. The van der Waals surface area contributed by atoms with Gasteiger partial charge in [-0.2, -0.15) is 0 Å². The van der Waals surface area contributed by atoms with Crippen LogP contribution in [0, 0.1) is 0 Å². The predicted molar refractivity (Wildman–Crippen MR) is 79.7 cm³/mol. The Hall–Kier alpha value is -1.71. The number of benzene rings is 2. The molecule has 20 heavy (non-hydrogen) atoms. The number of halogens is 1. The van der Waals surface area contributed by atoms with E-state index in [1.165, 1.54) is 0 Å². The monoisotopic (exact) mass is 292 g/mol. The van der Waals surface area contributed by atoms with E-state index >= 15 is 0 Å². The third-order valence-electron chi connectivity index (χ3n) is 3.12. The lowest BCUT2D eigenvalue weighted by Crippen LogP contribution is -2.02. The first-order valence-corrected chi connectivity index (χ1v) is 6.66. The van der Waals surface area contributed by atoms with Crippen LogP contribution in [0.2, 0.25) is 5.02 Å². The molecule has 0 aliphatic carbocycles. The highest BCUT2D eigenvalue weighted by Crippen LogP contribution is 2.29. The Kier molecular flexibility index (Phi) is 4.88. The van der Waals surface area contributed by atoms with E-state index in [-0.39, 0.29) is 0 Å². The topological polar surface area (TPSA) is 38.7 Å². The van der Waals surface area contributed by atoms with Crippen molar-refractivity contribution >= 4 is 11.6 Å². The largest absolute Gasteiger partial charge is 0.497 e. The van der Waals surface area contributed by atoms with Crippen LogP contribution in [0.4, 0.5) is 0 Å². The molecule has 0 aliphatic heterocycles. The Morgan fingerprint density at radius 1 is 1.10 bits per heavy atom. The third-order valence-corrected chi connectivity index (χ3v) is 3.42. The van der Waals surface area contributed by atoms with E-state index in [1.54, 1.807) is 26.4 Å². The van der Waals surface area contributed by atoms with Gasteiger partial charge in [-0.25, -0.2) is 0 Å². The normalized spacial score (nSPS) is 12.0. The predicted octanol–water partition coefficient (Wildman–Crippen LogP) is 3.63. The van der Waals surface area contributed by atoms with Crippen LogP contribution in [0.15, 0.2) is 42.5 Å². The van der Waals surface area contributed by atoms with Gasteiger partial charge in [0, 0.05) is 6.42 Å². The fraction of sp³-hybridized carbons (Fsp3) is 0.250. The molecule has 106 valence electrons. The summed E-state index contributed by atoms with van der Waals surface area (Å²) in [5.74, 6) is 1.38. The maximum Gasteiger partial charge on any atom is 0.137 e. The van der Waals surface area contributed by atoms with Crippen LogP contribution in [-0.2, 0) is 6.42 Å². The molecule has 0 fully saturated rings. The number of aliphatic hydroxyl groups excluding tert-OH is 1. The fourth-order valence-electron chi connectivity index (χ4n) is 2.03. The van der Waals surface area contributed by atoms with Gasteiger partial charge in [-0.3, -0.25) is 0 Å². The second-order valence-corrected chi connectivity index (χ2v) is 4.87. The number of hydrogen-bond donors (Lipinski definition) is 1. The maximum atomic E-state index is 10.3. The van der Waals surface area contributed by atoms with Crippen molar-refractivity contribution in [3.8, 4) is 11.5 Å². The lowest BCUT2D eigenvalue weighted by atomic mass is 10.0. The molecular formula is C16H17ClO3. The quantitative estimate of drug-likeness (QED) is 0.914.